The van der Waals surface area contributed by atoms with E-state index in [1.165, 1.54) is 28.7 Å². The summed E-state index contributed by atoms with van der Waals surface area (Å²) in [5.74, 6) is 1.94. The maximum atomic E-state index is 9.63. The fourth-order valence-corrected chi connectivity index (χ4v) is 4.38. The third-order valence-electron chi connectivity index (χ3n) is 4.78. The predicted octanol–water partition coefficient (Wildman–Crippen LogP) is 2.08. The van der Waals surface area contributed by atoms with E-state index in [9.17, 15) is 5.11 Å². The van der Waals surface area contributed by atoms with Gasteiger partial charge in [0.15, 0.2) is 0 Å². The lowest BCUT2D eigenvalue weighted by atomic mass is 10.1. The zero-order valence-electron chi connectivity index (χ0n) is 13.2. The highest BCUT2D eigenvalue weighted by molar-refractivity contribution is 7.18. The number of hydrogen-bond donors (Lipinski definition) is 1. The fraction of sp³-hybridized carbons (Fsp3) is 0.625. The van der Waals surface area contributed by atoms with E-state index in [1.54, 1.807) is 11.3 Å². The van der Waals surface area contributed by atoms with Gasteiger partial charge in [0.05, 0.1) is 18.0 Å². The molecule has 0 bridgehead atoms. The summed E-state index contributed by atoms with van der Waals surface area (Å²) < 4.78 is 0. The van der Waals surface area contributed by atoms with Gasteiger partial charge in [0, 0.05) is 18.0 Å². The van der Waals surface area contributed by atoms with Crippen LogP contribution in [0.1, 0.15) is 29.1 Å². The zero-order chi connectivity index (χ0) is 15.3. The maximum absolute atomic E-state index is 9.63. The van der Waals surface area contributed by atoms with Crippen molar-refractivity contribution in [2.45, 2.75) is 39.3 Å². The highest BCUT2D eigenvalue weighted by Crippen LogP contribution is 2.36. The Morgan fingerprint density at radius 3 is 2.59 bits per heavy atom. The van der Waals surface area contributed by atoms with Crippen molar-refractivity contribution in [3.63, 3.8) is 0 Å². The SMILES string of the molecule is Cc1sc2nc(CN3CCCC3)nc(N3CC(O)C3)c2c1C. The molecule has 0 unspecified atom stereocenters. The van der Waals surface area contributed by atoms with Crippen LogP contribution in [0.5, 0.6) is 0 Å². The Labute approximate surface area is 134 Å². The normalized spacial score (nSPS) is 20.0. The van der Waals surface area contributed by atoms with Crippen LogP contribution in [0, 0.1) is 13.8 Å². The van der Waals surface area contributed by atoms with Gasteiger partial charge in [-0.25, -0.2) is 9.97 Å². The Morgan fingerprint density at radius 2 is 1.91 bits per heavy atom. The van der Waals surface area contributed by atoms with Crippen molar-refractivity contribution in [1.29, 1.82) is 0 Å². The van der Waals surface area contributed by atoms with Gasteiger partial charge in [0.2, 0.25) is 0 Å². The molecule has 0 amide bonds. The Bertz CT molecular complexity index is 702. The Hall–Kier alpha value is -1.24. The molecule has 1 N–H and O–H groups in total. The summed E-state index contributed by atoms with van der Waals surface area (Å²) in [7, 11) is 0. The molecule has 2 saturated heterocycles. The molecular formula is C16H22N4OS. The average molecular weight is 318 g/mol. The van der Waals surface area contributed by atoms with Gasteiger partial charge in [-0.05, 0) is 45.3 Å². The Balaban J connectivity index is 1.75. The van der Waals surface area contributed by atoms with Crippen LogP contribution in [0.4, 0.5) is 5.82 Å². The number of nitrogens with zero attached hydrogens (tertiary/aromatic N) is 4. The molecule has 2 aliphatic rings. The summed E-state index contributed by atoms with van der Waals surface area (Å²) in [4.78, 5) is 16.7. The highest BCUT2D eigenvalue weighted by atomic mass is 32.1. The number of thiophene rings is 1. The van der Waals surface area contributed by atoms with Gasteiger partial charge in [-0.3, -0.25) is 4.90 Å². The van der Waals surface area contributed by atoms with E-state index in [4.69, 9.17) is 9.97 Å². The van der Waals surface area contributed by atoms with Gasteiger partial charge in [0.1, 0.15) is 16.5 Å². The second kappa shape index (κ2) is 5.44. The van der Waals surface area contributed by atoms with Crippen LogP contribution in [0.15, 0.2) is 0 Å². The van der Waals surface area contributed by atoms with Crippen LogP contribution in [0.25, 0.3) is 10.2 Å². The molecule has 22 heavy (non-hydrogen) atoms. The molecule has 0 aliphatic carbocycles. The van der Waals surface area contributed by atoms with E-state index < -0.39 is 0 Å². The molecule has 2 fully saturated rings. The molecule has 2 aromatic rings. The molecule has 0 saturated carbocycles. The van der Waals surface area contributed by atoms with Crippen molar-refractivity contribution in [2.24, 2.45) is 0 Å². The number of aliphatic hydroxyl groups excluding tert-OH is 1. The molecule has 6 heteroatoms. The van der Waals surface area contributed by atoms with Crippen molar-refractivity contribution >= 4 is 27.4 Å². The fourth-order valence-electron chi connectivity index (χ4n) is 3.34. The first-order valence-corrected chi connectivity index (χ1v) is 8.85. The van der Waals surface area contributed by atoms with Gasteiger partial charge < -0.3 is 10.0 Å². The minimum Gasteiger partial charge on any atom is -0.389 e. The predicted molar refractivity (Wildman–Crippen MR) is 89.6 cm³/mol. The highest BCUT2D eigenvalue weighted by Gasteiger charge is 2.29. The summed E-state index contributed by atoms with van der Waals surface area (Å²) in [6, 6.07) is 0. The number of likely N-dealkylation sites (tertiary alicyclic amines) is 1. The van der Waals surface area contributed by atoms with E-state index in [-0.39, 0.29) is 6.10 Å². The third kappa shape index (κ3) is 2.39. The summed E-state index contributed by atoms with van der Waals surface area (Å²) in [5.41, 5.74) is 1.28. The van der Waals surface area contributed by atoms with Crippen LogP contribution < -0.4 is 4.90 Å². The number of β-amino-alcohol motifs (C(OH)–C–C–N with tert-alkyl or cyclic N) is 1. The Kier molecular flexibility index (Phi) is 3.55. The lowest BCUT2D eigenvalue weighted by molar-refractivity contribution is 0.141. The van der Waals surface area contributed by atoms with Crippen LogP contribution in [0.3, 0.4) is 0 Å². The Morgan fingerprint density at radius 1 is 1.18 bits per heavy atom. The molecule has 2 aromatic heterocycles. The quantitative estimate of drug-likeness (QED) is 0.939. The summed E-state index contributed by atoms with van der Waals surface area (Å²) in [6.45, 7) is 8.82. The van der Waals surface area contributed by atoms with Crippen molar-refractivity contribution in [3.8, 4) is 0 Å². The first-order chi connectivity index (χ1) is 10.6. The molecule has 118 valence electrons. The summed E-state index contributed by atoms with van der Waals surface area (Å²) in [6.07, 6.45) is 2.35. The van der Waals surface area contributed by atoms with Gasteiger partial charge in [-0.1, -0.05) is 0 Å². The minimum atomic E-state index is -0.216. The number of anilines is 1. The zero-order valence-corrected chi connectivity index (χ0v) is 14.0. The first kappa shape index (κ1) is 14.4. The molecule has 5 nitrogen and oxygen atoms in total. The van der Waals surface area contributed by atoms with E-state index >= 15 is 0 Å². The van der Waals surface area contributed by atoms with E-state index in [2.05, 4.69) is 23.6 Å². The van der Waals surface area contributed by atoms with Crippen LogP contribution in [0.2, 0.25) is 0 Å². The number of rotatable bonds is 3. The van der Waals surface area contributed by atoms with Crippen molar-refractivity contribution in [1.82, 2.24) is 14.9 Å². The molecule has 0 radical (unpaired) electrons. The first-order valence-electron chi connectivity index (χ1n) is 8.04. The van der Waals surface area contributed by atoms with Crippen molar-refractivity contribution < 1.29 is 5.11 Å². The molecule has 2 aliphatic heterocycles. The van der Waals surface area contributed by atoms with Gasteiger partial charge in [-0.15, -0.1) is 11.3 Å². The van der Waals surface area contributed by atoms with Gasteiger partial charge in [0.25, 0.3) is 0 Å². The molecule has 0 aromatic carbocycles. The van der Waals surface area contributed by atoms with Crippen molar-refractivity contribution in [3.05, 3.63) is 16.3 Å². The van der Waals surface area contributed by atoms with Crippen molar-refractivity contribution in [2.75, 3.05) is 31.1 Å². The number of aliphatic hydroxyl groups is 1. The van der Waals surface area contributed by atoms with E-state index in [1.807, 2.05) is 0 Å². The lowest BCUT2D eigenvalue weighted by Gasteiger charge is -2.37. The largest absolute Gasteiger partial charge is 0.389 e. The topological polar surface area (TPSA) is 52.5 Å². The lowest BCUT2D eigenvalue weighted by Crippen LogP contribution is -2.51. The second-order valence-corrected chi connectivity index (χ2v) is 7.67. The summed E-state index contributed by atoms with van der Waals surface area (Å²) in [5, 5.41) is 10.8. The second-order valence-electron chi connectivity index (χ2n) is 6.47. The molecule has 4 heterocycles. The smallest absolute Gasteiger partial charge is 0.146 e. The molecule has 4 rings (SSSR count). The van der Waals surface area contributed by atoms with Gasteiger partial charge >= 0.3 is 0 Å². The number of hydrogen-bond acceptors (Lipinski definition) is 6. The minimum absolute atomic E-state index is 0.216. The summed E-state index contributed by atoms with van der Waals surface area (Å²) >= 11 is 1.76. The molecule has 0 atom stereocenters. The van der Waals surface area contributed by atoms with Crippen LogP contribution >= 0.6 is 11.3 Å². The molecular weight excluding hydrogens is 296 g/mol. The standard InChI is InChI=1S/C16H22N4OS/c1-10-11(2)22-16-14(10)15(20-7-12(21)8-20)17-13(18-16)9-19-5-3-4-6-19/h12,21H,3-9H2,1-2H3. The molecule has 0 spiro atoms. The third-order valence-corrected chi connectivity index (χ3v) is 5.88. The van der Waals surface area contributed by atoms with E-state index in [0.29, 0.717) is 13.1 Å². The number of fused-ring (bicyclic) bond motifs is 1. The van der Waals surface area contributed by atoms with Gasteiger partial charge in [-0.2, -0.15) is 0 Å². The number of aromatic nitrogens is 2. The van der Waals surface area contributed by atoms with E-state index in [0.717, 1.165) is 36.1 Å². The maximum Gasteiger partial charge on any atom is 0.146 e. The average Bonchev–Trinajstić information content (AvgIpc) is 3.04. The van der Waals surface area contributed by atoms with Crippen LogP contribution in [-0.4, -0.2) is 52.3 Å². The van der Waals surface area contributed by atoms with Crippen LogP contribution in [-0.2, 0) is 6.54 Å². The number of aryl methyl sites for hydroxylation is 2. The monoisotopic (exact) mass is 318 g/mol.